The number of benzene rings is 1. The molecule has 2 rings (SSSR count). The highest BCUT2D eigenvalue weighted by Crippen LogP contribution is 2.24. The summed E-state index contributed by atoms with van der Waals surface area (Å²) in [5.41, 5.74) is 3.62. The Morgan fingerprint density at radius 3 is 3.13 bits per heavy atom. The van der Waals surface area contributed by atoms with E-state index in [1.54, 1.807) is 0 Å². The van der Waals surface area contributed by atoms with Crippen molar-refractivity contribution in [2.24, 2.45) is 0 Å². The molecule has 0 bridgehead atoms. The number of aliphatic hydroxyl groups is 1. The van der Waals surface area contributed by atoms with Gasteiger partial charge < -0.3 is 9.84 Å². The predicted octanol–water partition coefficient (Wildman–Crippen LogP) is 2.25. The topological polar surface area (TPSA) is 29.5 Å². The molecule has 2 heteroatoms. The van der Waals surface area contributed by atoms with E-state index in [9.17, 15) is 5.11 Å². The van der Waals surface area contributed by atoms with Crippen LogP contribution in [0.1, 0.15) is 36.1 Å². The van der Waals surface area contributed by atoms with Gasteiger partial charge in [0.15, 0.2) is 0 Å². The first-order valence-corrected chi connectivity index (χ1v) is 5.68. The second-order valence-electron chi connectivity index (χ2n) is 4.12. The van der Waals surface area contributed by atoms with E-state index in [-0.39, 0.29) is 0 Å². The molecular formula is C13H18O2. The van der Waals surface area contributed by atoms with Crippen LogP contribution in [0.4, 0.5) is 0 Å². The Hall–Kier alpha value is -0.860. The molecule has 1 aliphatic rings. The maximum atomic E-state index is 9.91. The Balaban J connectivity index is 2.31. The lowest BCUT2D eigenvalue weighted by Crippen LogP contribution is -2.05. The van der Waals surface area contributed by atoms with Crippen molar-refractivity contribution in [3.63, 3.8) is 0 Å². The predicted molar refractivity (Wildman–Crippen MR) is 59.9 cm³/mol. The molecule has 1 heterocycles. The number of hydrogen-bond acceptors (Lipinski definition) is 2. The summed E-state index contributed by atoms with van der Waals surface area (Å²) in [5.74, 6) is 0. The van der Waals surface area contributed by atoms with Gasteiger partial charge in [0, 0.05) is 0 Å². The molecule has 1 atom stereocenters. The standard InChI is InChI=1S/C13H18O2/c1-2-3-10-4-5-11-6-7-15-9-13(14)12(11)8-10/h4-5,8,13-14H,2-3,6-7,9H2,1H3. The summed E-state index contributed by atoms with van der Waals surface area (Å²) >= 11 is 0. The number of ether oxygens (including phenoxy) is 1. The summed E-state index contributed by atoms with van der Waals surface area (Å²) in [6.07, 6.45) is 2.70. The third-order valence-corrected chi connectivity index (χ3v) is 2.90. The molecule has 1 aliphatic heterocycles. The summed E-state index contributed by atoms with van der Waals surface area (Å²) < 4.78 is 5.34. The zero-order chi connectivity index (χ0) is 10.7. The van der Waals surface area contributed by atoms with Crippen molar-refractivity contribution in [1.82, 2.24) is 0 Å². The van der Waals surface area contributed by atoms with Gasteiger partial charge in [-0.3, -0.25) is 0 Å². The van der Waals surface area contributed by atoms with E-state index in [4.69, 9.17) is 4.74 Å². The highest BCUT2D eigenvalue weighted by Gasteiger charge is 2.16. The molecule has 0 aliphatic carbocycles. The highest BCUT2D eigenvalue weighted by molar-refractivity contribution is 5.34. The van der Waals surface area contributed by atoms with Crippen molar-refractivity contribution < 1.29 is 9.84 Å². The van der Waals surface area contributed by atoms with Crippen LogP contribution in [0.5, 0.6) is 0 Å². The number of aryl methyl sites for hydroxylation is 1. The molecule has 0 fully saturated rings. The van der Waals surface area contributed by atoms with Crippen LogP contribution < -0.4 is 0 Å². The van der Waals surface area contributed by atoms with Crippen molar-refractivity contribution in [1.29, 1.82) is 0 Å². The van der Waals surface area contributed by atoms with Gasteiger partial charge in [0.25, 0.3) is 0 Å². The van der Waals surface area contributed by atoms with Gasteiger partial charge in [-0.1, -0.05) is 31.5 Å². The van der Waals surface area contributed by atoms with Crippen LogP contribution in [-0.2, 0) is 17.6 Å². The lowest BCUT2D eigenvalue weighted by molar-refractivity contribution is 0.0451. The lowest BCUT2D eigenvalue weighted by Gasteiger charge is -2.12. The maximum absolute atomic E-state index is 9.91. The van der Waals surface area contributed by atoms with Gasteiger partial charge in [-0.25, -0.2) is 0 Å². The van der Waals surface area contributed by atoms with Crippen molar-refractivity contribution in [2.45, 2.75) is 32.3 Å². The second kappa shape index (κ2) is 4.77. The van der Waals surface area contributed by atoms with Gasteiger partial charge >= 0.3 is 0 Å². The Kier molecular flexibility index (Phi) is 3.39. The average Bonchev–Trinajstić information content (AvgIpc) is 2.42. The smallest absolute Gasteiger partial charge is 0.103 e. The first kappa shape index (κ1) is 10.7. The van der Waals surface area contributed by atoms with E-state index in [0.29, 0.717) is 6.61 Å². The van der Waals surface area contributed by atoms with Crippen LogP contribution in [0.15, 0.2) is 18.2 Å². The molecule has 0 spiro atoms. The molecule has 0 saturated carbocycles. The quantitative estimate of drug-likeness (QED) is 0.804. The van der Waals surface area contributed by atoms with Crippen LogP contribution in [0, 0.1) is 0 Å². The molecule has 0 amide bonds. The summed E-state index contributed by atoms with van der Waals surface area (Å²) in [6.45, 7) is 3.32. The molecule has 1 aromatic rings. The first-order chi connectivity index (χ1) is 7.31. The van der Waals surface area contributed by atoms with Gasteiger partial charge in [0.2, 0.25) is 0 Å². The van der Waals surface area contributed by atoms with E-state index in [0.717, 1.165) is 31.4 Å². The lowest BCUT2D eigenvalue weighted by atomic mass is 9.97. The number of rotatable bonds is 2. The van der Waals surface area contributed by atoms with Crippen LogP contribution >= 0.6 is 0 Å². The zero-order valence-electron chi connectivity index (χ0n) is 9.20. The molecule has 0 radical (unpaired) electrons. The van der Waals surface area contributed by atoms with Crippen LogP contribution in [0.25, 0.3) is 0 Å². The van der Waals surface area contributed by atoms with Gasteiger partial charge in [-0.2, -0.15) is 0 Å². The summed E-state index contributed by atoms with van der Waals surface area (Å²) in [6, 6.07) is 6.44. The molecule has 1 N–H and O–H groups in total. The molecule has 0 aromatic heterocycles. The molecule has 2 nitrogen and oxygen atoms in total. The number of fused-ring (bicyclic) bond motifs is 1. The monoisotopic (exact) mass is 206 g/mol. The normalized spacial score (nSPS) is 20.8. The van der Waals surface area contributed by atoms with E-state index in [1.165, 1.54) is 11.1 Å². The Labute approximate surface area is 90.9 Å². The minimum atomic E-state index is -0.445. The van der Waals surface area contributed by atoms with E-state index < -0.39 is 6.10 Å². The van der Waals surface area contributed by atoms with Crippen molar-refractivity contribution in [3.05, 3.63) is 34.9 Å². The van der Waals surface area contributed by atoms with Gasteiger partial charge in [0.1, 0.15) is 6.10 Å². The minimum Gasteiger partial charge on any atom is -0.386 e. The van der Waals surface area contributed by atoms with Gasteiger partial charge in [0.05, 0.1) is 13.2 Å². The molecule has 1 unspecified atom stereocenters. The highest BCUT2D eigenvalue weighted by atomic mass is 16.5. The minimum absolute atomic E-state index is 0.433. The van der Waals surface area contributed by atoms with E-state index in [1.807, 2.05) is 0 Å². The van der Waals surface area contributed by atoms with Crippen LogP contribution in [-0.4, -0.2) is 18.3 Å². The maximum Gasteiger partial charge on any atom is 0.103 e. The van der Waals surface area contributed by atoms with Crippen molar-refractivity contribution >= 4 is 0 Å². The molecule has 82 valence electrons. The molecular weight excluding hydrogens is 188 g/mol. The third kappa shape index (κ3) is 2.39. The Bertz CT molecular complexity index is 333. The SMILES string of the molecule is CCCc1ccc2c(c1)C(O)COCC2. The van der Waals surface area contributed by atoms with Crippen molar-refractivity contribution in [2.75, 3.05) is 13.2 Å². The summed E-state index contributed by atoms with van der Waals surface area (Å²) in [7, 11) is 0. The second-order valence-corrected chi connectivity index (χ2v) is 4.12. The fraction of sp³-hybridized carbons (Fsp3) is 0.538. The largest absolute Gasteiger partial charge is 0.386 e. The number of aliphatic hydroxyl groups excluding tert-OH is 1. The van der Waals surface area contributed by atoms with Crippen LogP contribution in [0.2, 0.25) is 0 Å². The number of hydrogen-bond donors (Lipinski definition) is 1. The van der Waals surface area contributed by atoms with E-state index in [2.05, 4.69) is 25.1 Å². The molecule has 0 saturated heterocycles. The fourth-order valence-electron chi connectivity index (χ4n) is 2.09. The van der Waals surface area contributed by atoms with E-state index >= 15 is 0 Å². The Morgan fingerprint density at radius 2 is 2.33 bits per heavy atom. The fourth-order valence-corrected chi connectivity index (χ4v) is 2.09. The third-order valence-electron chi connectivity index (χ3n) is 2.90. The first-order valence-electron chi connectivity index (χ1n) is 5.68. The van der Waals surface area contributed by atoms with Gasteiger partial charge in [-0.05, 0) is 29.5 Å². The van der Waals surface area contributed by atoms with Gasteiger partial charge in [-0.15, -0.1) is 0 Å². The molecule has 15 heavy (non-hydrogen) atoms. The molecule has 1 aromatic carbocycles. The average molecular weight is 206 g/mol. The zero-order valence-corrected chi connectivity index (χ0v) is 9.20. The Morgan fingerprint density at radius 1 is 1.47 bits per heavy atom. The van der Waals surface area contributed by atoms with Crippen LogP contribution in [0.3, 0.4) is 0 Å². The summed E-state index contributed by atoms with van der Waals surface area (Å²) in [4.78, 5) is 0. The summed E-state index contributed by atoms with van der Waals surface area (Å²) in [5, 5.41) is 9.91. The van der Waals surface area contributed by atoms with Crippen molar-refractivity contribution in [3.8, 4) is 0 Å².